The average Bonchev–Trinajstić information content (AvgIpc) is 2.36. The number of carbonyl (C=O) groups is 2. The van der Waals surface area contributed by atoms with Crippen molar-refractivity contribution in [3.63, 3.8) is 0 Å². The molecule has 116 valence electrons. The van der Waals surface area contributed by atoms with Crippen LogP contribution in [0.25, 0.3) is 0 Å². The van der Waals surface area contributed by atoms with Crippen LogP contribution in [-0.2, 0) is 9.59 Å². The molecule has 0 saturated carbocycles. The normalized spacial score (nSPS) is 13.2. The van der Waals surface area contributed by atoms with Gasteiger partial charge in [0.1, 0.15) is 0 Å². The minimum Gasteiger partial charge on any atom is -0.478 e. The van der Waals surface area contributed by atoms with Crippen LogP contribution < -0.4 is 0 Å². The Kier molecular flexibility index (Phi) is 12.8. The molecule has 0 radical (unpaired) electrons. The van der Waals surface area contributed by atoms with Gasteiger partial charge < -0.3 is 20.4 Å². The summed E-state index contributed by atoms with van der Waals surface area (Å²) in [5, 5.41) is 33.8. The molecule has 0 saturated heterocycles. The van der Waals surface area contributed by atoms with Crippen molar-refractivity contribution < 1.29 is 30.0 Å². The van der Waals surface area contributed by atoms with Crippen molar-refractivity contribution in [2.75, 3.05) is 6.61 Å². The van der Waals surface area contributed by atoms with Crippen LogP contribution in [0.1, 0.15) is 40.0 Å². The van der Waals surface area contributed by atoms with Crippen molar-refractivity contribution in [1.29, 1.82) is 0 Å². The van der Waals surface area contributed by atoms with Crippen LogP contribution in [0, 0.1) is 0 Å². The second-order valence-electron chi connectivity index (χ2n) is 4.34. The summed E-state index contributed by atoms with van der Waals surface area (Å²) in [6.45, 7) is 4.78. The van der Waals surface area contributed by atoms with E-state index in [0.717, 1.165) is 0 Å². The predicted octanol–water partition coefficient (Wildman–Crippen LogP) is 1.58. The molecule has 0 amide bonds. The summed E-state index contributed by atoms with van der Waals surface area (Å²) in [5.41, 5.74) is 0.620. The van der Waals surface area contributed by atoms with E-state index in [1.165, 1.54) is 13.0 Å². The summed E-state index contributed by atoms with van der Waals surface area (Å²) >= 11 is 0. The predicted molar refractivity (Wildman–Crippen MR) is 75.4 cm³/mol. The van der Waals surface area contributed by atoms with Gasteiger partial charge in [0.15, 0.2) is 0 Å². The topological polar surface area (TPSA) is 115 Å². The molecule has 0 rings (SSSR count). The number of rotatable bonds is 7. The van der Waals surface area contributed by atoms with Crippen molar-refractivity contribution in [3.05, 3.63) is 23.3 Å². The number of allylic oxidation sites excluding steroid dienone is 1. The molecule has 0 aromatic heterocycles. The fourth-order valence-corrected chi connectivity index (χ4v) is 0.932. The van der Waals surface area contributed by atoms with Gasteiger partial charge >= 0.3 is 11.9 Å². The highest BCUT2D eigenvalue weighted by molar-refractivity contribution is 5.86. The first-order chi connectivity index (χ1) is 9.22. The molecule has 6 nitrogen and oxygen atoms in total. The zero-order valence-electron chi connectivity index (χ0n) is 12.2. The zero-order valence-corrected chi connectivity index (χ0v) is 12.2. The number of unbranched alkanes of at least 4 members (excludes halogenated alkanes) is 1. The van der Waals surface area contributed by atoms with Crippen molar-refractivity contribution in [1.82, 2.24) is 0 Å². The highest BCUT2D eigenvalue weighted by atomic mass is 16.4. The molecule has 0 aromatic carbocycles. The second-order valence-corrected chi connectivity index (χ2v) is 4.34. The van der Waals surface area contributed by atoms with Crippen LogP contribution in [0.15, 0.2) is 23.3 Å². The third-order valence-electron chi connectivity index (χ3n) is 2.25. The van der Waals surface area contributed by atoms with E-state index in [0.29, 0.717) is 24.8 Å². The smallest absolute Gasteiger partial charge is 0.330 e. The third-order valence-corrected chi connectivity index (χ3v) is 2.25. The first kappa shape index (κ1) is 20.7. The molecule has 0 spiro atoms. The largest absolute Gasteiger partial charge is 0.478 e. The molecule has 1 atom stereocenters. The first-order valence-electron chi connectivity index (χ1n) is 6.31. The second kappa shape index (κ2) is 12.4. The van der Waals surface area contributed by atoms with E-state index in [9.17, 15) is 9.59 Å². The number of aliphatic carboxylic acids is 2. The Bertz CT molecular complexity index is 355. The lowest BCUT2D eigenvalue weighted by atomic mass is 10.2. The van der Waals surface area contributed by atoms with E-state index in [-0.39, 0.29) is 12.2 Å². The molecule has 1 unspecified atom stereocenters. The molecule has 0 heterocycles. The van der Waals surface area contributed by atoms with Gasteiger partial charge in [0, 0.05) is 17.8 Å². The molecule has 20 heavy (non-hydrogen) atoms. The average molecular weight is 288 g/mol. The zero-order chi connectivity index (χ0) is 16.1. The van der Waals surface area contributed by atoms with Crippen LogP contribution >= 0.6 is 0 Å². The number of aliphatic hydroxyl groups is 2. The highest BCUT2D eigenvalue weighted by Gasteiger charge is 1.99. The first-order valence-corrected chi connectivity index (χ1v) is 6.31. The number of aliphatic hydroxyl groups excluding tert-OH is 2. The standard InChI is InChI=1S/2C7H12O3/c1-5(7(9)10)3-4-6(2)8;1-6(7(9)10)4-2-3-5-8/h3,6,8H,4H2,1-2H3,(H,9,10);4,8H,2-3,5H2,1H3,(H,9,10). The molecule has 0 aromatic rings. The molecule has 0 aliphatic rings. The summed E-state index contributed by atoms with van der Waals surface area (Å²) in [7, 11) is 0. The van der Waals surface area contributed by atoms with E-state index >= 15 is 0 Å². The monoisotopic (exact) mass is 288 g/mol. The van der Waals surface area contributed by atoms with Crippen LogP contribution in [-0.4, -0.2) is 45.1 Å². The lowest BCUT2D eigenvalue weighted by Crippen LogP contribution is -2.00. The quantitative estimate of drug-likeness (QED) is 0.417. The molecule has 6 heteroatoms. The van der Waals surface area contributed by atoms with Gasteiger partial charge in [-0.05, 0) is 40.0 Å². The van der Waals surface area contributed by atoms with Crippen LogP contribution in [0.4, 0.5) is 0 Å². The summed E-state index contributed by atoms with van der Waals surface area (Å²) in [5.74, 6) is -1.82. The molecule has 0 fully saturated rings. The molecule has 0 bridgehead atoms. The maximum Gasteiger partial charge on any atom is 0.330 e. The lowest BCUT2D eigenvalue weighted by Gasteiger charge is -1.97. The van der Waals surface area contributed by atoms with Crippen LogP contribution in [0.3, 0.4) is 0 Å². The van der Waals surface area contributed by atoms with Gasteiger partial charge in [-0.3, -0.25) is 0 Å². The summed E-state index contributed by atoms with van der Waals surface area (Å²) < 4.78 is 0. The van der Waals surface area contributed by atoms with Gasteiger partial charge in [0.25, 0.3) is 0 Å². The van der Waals surface area contributed by atoms with Gasteiger partial charge in [-0.2, -0.15) is 0 Å². The van der Waals surface area contributed by atoms with Crippen molar-refractivity contribution in [2.24, 2.45) is 0 Å². The van der Waals surface area contributed by atoms with Gasteiger partial charge in [0.05, 0.1) is 6.10 Å². The fraction of sp³-hybridized carbons (Fsp3) is 0.571. The maximum atomic E-state index is 10.2. The summed E-state index contributed by atoms with van der Waals surface area (Å²) in [4.78, 5) is 20.3. The number of hydrogen-bond acceptors (Lipinski definition) is 4. The number of carboxylic acids is 2. The lowest BCUT2D eigenvalue weighted by molar-refractivity contribution is -0.133. The van der Waals surface area contributed by atoms with E-state index in [1.54, 1.807) is 19.9 Å². The van der Waals surface area contributed by atoms with E-state index in [2.05, 4.69) is 0 Å². The molecule has 0 aliphatic carbocycles. The Morgan fingerprint density at radius 3 is 1.85 bits per heavy atom. The molecule has 4 N–H and O–H groups in total. The Hall–Kier alpha value is -1.66. The fourth-order valence-electron chi connectivity index (χ4n) is 0.932. The Balaban J connectivity index is 0. The van der Waals surface area contributed by atoms with Gasteiger partial charge in [-0.1, -0.05) is 12.2 Å². The minimum atomic E-state index is -0.930. The molecular formula is C14H24O6. The molecular weight excluding hydrogens is 264 g/mol. The summed E-state index contributed by atoms with van der Waals surface area (Å²) in [6, 6.07) is 0. The van der Waals surface area contributed by atoms with E-state index < -0.39 is 18.0 Å². The number of hydrogen-bond donors (Lipinski definition) is 4. The van der Waals surface area contributed by atoms with Crippen LogP contribution in [0.5, 0.6) is 0 Å². The SMILES string of the molecule is CC(=CCC(C)O)C(=O)O.CC(=CCCCO)C(=O)O. The van der Waals surface area contributed by atoms with Crippen molar-refractivity contribution >= 4 is 11.9 Å². The summed E-state index contributed by atoms with van der Waals surface area (Å²) in [6.07, 6.45) is 4.32. The van der Waals surface area contributed by atoms with Crippen molar-refractivity contribution in [3.8, 4) is 0 Å². The molecule has 0 aliphatic heterocycles. The van der Waals surface area contributed by atoms with Gasteiger partial charge in [0.2, 0.25) is 0 Å². The maximum absolute atomic E-state index is 10.2. The van der Waals surface area contributed by atoms with Crippen LogP contribution in [0.2, 0.25) is 0 Å². The van der Waals surface area contributed by atoms with Gasteiger partial charge in [-0.25, -0.2) is 9.59 Å². The Morgan fingerprint density at radius 2 is 1.50 bits per heavy atom. The third kappa shape index (κ3) is 14.4. The van der Waals surface area contributed by atoms with Gasteiger partial charge in [-0.15, -0.1) is 0 Å². The van der Waals surface area contributed by atoms with Crippen molar-refractivity contribution in [2.45, 2.75) is 46.1 Å². The number of carboxylic acid groups (broad SMARTS) is 2. The van der Waals surface area contributed by atoms with E-state index in [4.69, 9.17) is 20.4 Å². The minimum absolute atomic E-state index is 0.114. The Labute approximate surface area is 119 Å². The van der Waals surface area contributed by atoms with E-state index in [1.807, 2.05) is 0 Å². The highest BCUT2D eigenvalue weighted by Crippen LogP contribution is 1.98. The Morgan fingerprint density at radius 1 is 1.05 bits per heavy atom.